The molecule has 1 aliphatic rings. The van der Waals surface area contributed by atoms with Crippen molar-refractivity contribution in [2.75, 3.05) is 19.6 Å². The van der Waals surface area contributed by atoms with Gasteiger partial charge < -0.3 is 14.6 Å². The van der Waals surface area contributed by atoms with Gasteiger partial charge in [-0.25, -0.2) is 4.98 Å². The van der Waals surface area contributed by atoms with Gasteiger partial charge in [-0.1, -0.05) is 0 Å². The van der Waals surface area contributed by atoms with Crippen LogP contribution in [0.5, 0.6) is 0 Å². The molecular formula is C13H17BrN4O. The standard InChI is InChI=1S/C13H17BrN4O/c14-10-7-15-8-11-13(10)18(12(9-19)16-11)6-5-17-3-1-2-4-17/h7-8,19H,1-6,9H2. The Morgan fingerprint density at radius 2 is 2.00 bits per heavy atom. The summed E-state index contributed by atoms with van der Waals surface area (Å²) in [4.78, 5) is 11.0. The van der Waals surface area contributed by atoms with E-state index in [1.165, 1.54) is 25.9 Å². The van der Waals surface area contributed by atoms with Crippen LogP contribution in [0.1, 0.15) is 18.7 Å². The van der Waals surface area contributed by atoms with Gasteiger partial charge in [0, 0.05) is 19.3 Å². The maximum Gasteiger partial charge on any atom is 0.135 e. The molecule has 2 aromatic heterocycles. The van der Waals surface area contributed by atoms with Crippen LogP contribution < -0.4 is 0 Å². The average molecular weight is 325 g/mol. The van der Waals surface area contributed by atoms with Crippen LogP contribution in [0.2, 0.25) is 0 Å². The molecule has 0 aromatic carbocycles. The summed E-state index contributed by atoms with van der Waals surface area (Å²) in [6.45, 7) is 4.19. The number of aromatic nitrogens is 3. The Morgan fingerprint density at radius 1 is 1.21 bits per heavy atom. The largest absolute Gasteiger partial charge is 0.388 e. The van der Waals surface area contributed by atoms with Gasteiger partial charge in [-0.2, -0.15) is 0 Å². The monoisotopic (exact) mass is 324 g/mol. The molecule has 3 heterocycles. The van der Waals surface area contributed by atoms with Crippen LogP contribution in [0.15, 0.2) is 16.9 Å². The number of halogens is 1. The number of hydrogen-bond donors (Lipinski definition) is 1. The summed E-state index contributed by atoms with van der Waals surface area (Å²) < 4.78 is 3.03. The summed E-state index contributed by atoms with van der Waals surface area (Å²) >= 11 is 3.53. The molecule has 1 aliphatic heterocycles. The van der Waals surface area contributed by atoms with E-state index >= 15 is 0 Å². The highest BCUT2D eigenvalue weighted by Crippen LogP contribution is 2.24. The molecule has 1 saturated heterocycles. The number of aliphatic hydroxyl groups is 1. The van der Waals surface area contributed by atoms with Gasteiger partial charge in [0.2, 0.25) is 0 Å². The van der Waals surface area contributed by atoms with Gasteiger partial charge in [-0.15, -0.1) is 0 Å². The van der Waals surface area contributed by atoms with Crippen molar-refractivity contribution in [1.82, 2.24) is 19.4 Å². The van der Waals surface area contributed by atoms with Gasteiger partial charge in [-0.3, -0.25) is 4.98 Å². The minimum atomic E-state index is -0.0406. The minimum Gasteiger partial charge on any atom is -0.388 e. The van der Waals surface area contributed by atoms with E-state index in [0.717, 1.165) is 28.6 Å². The third kappa shape index (κ3) is 2.52. The highest BCUT2D eigenvalue weighted by atomic mass is 79.9. The second-order valence-electron chi connectivity index (χ2n) is 4.88. The summed E-state index contributed by atoms with van der Waals surface area (Å²) in [5.74, 6) is 0.711. The van der Waals surface area contributed by atoms with Crippen molar-refractivity contribution in [3.8, 4) is 0 Å². The summed E-state index contributed by atoms with van der Waals surface area (Å²) in [7, 11) is 0. The number of likely N-dealkylation sites (tertiary alicyclic amines) is 1. The van der Waals surface area contributed by atoms with Crippen LogP contribution in [0.3, 0.4) is 0 Å². The highest BCUT2D eigenvalue weighted by molar-refractivity contribution is 9.10. The van der Waals surface area contributed by atoms with Crippen molar-refractivity contribution < 1.29 is 5.11 Å². The van der Waals surface area contributed by atoms with Gasteiger partial charge in [0.25, 0.3) is 0 Å². The van der Waals surface area contributed by atoms with Crippen LogP contribution in [-0.2, 0) is 13.2 Å². The Kier molecular flexibility index (Phi) is 3.81. The molecule has 0 bridgehead atoms. The van der Waals surface area contributed by atoms with E-state index in [9.17, 15) is 5.11 Å². The van der Waals surface area contributed by atoms with Crippen molar-refractivity contribution in [1.29, 1.82) is 0 Å². The van der Waals surface area contributed by atoms with Crippen molar-refractivity contribution >= 4 is 27.0 Å². The molecule has 1 N–H and O–H groups in total. The summed E-state index contributed by atoms with van der Waals surface area (Å²) in [6, 6.07) is 0. The van der Waals surface area contributed by atoms with E-state index in [1.807, 2.05) is 0 Å². The molecule has 0 atom stereocenters. The second kappa shape index (κ2) is 5.56. The fourth-order valence-corrected chi connectivity index (χ4v) is 3.24. The molecule has 0 saturated carbocycles. The zero-order valence-electron chi connectivity index (χ0n) is 10.7. The lowest BCUT2D eigenvalue weighted by atomic mass is 10.4. The molecule has 5 nitrogen and oxygen atoms in total. The first-order valence-corrected chi connectivity index (χ1v) is 7.40. The summed E-state index contributed by atoms with van der Waals surface area (Å²) in [6.07, 6.45) is 6.11. The summed E-state index contributed by atoms with van der Waals surface area (Å²) in [5.41, 5.74) is 1.86. The Bertz CT molecular complexity index is 577. The first-order chi connectivity index (χ1) is 9.29. The van der Waals surface area contributed by atoms with Crippen molar-refractivity contribution in [3.05, 3.63) is 22.7 Å². The fraction of sp³-hybridized carbons (Fsp3) is 0.538. The van der Waals surface area contributed by atoms with Crippen molar-refractivity contribution in [2.24, 2.45) is 0 Å². The van der Waals surface area contributed by atoms with Gasteiger partial charge in [0.05, 0.1) is 16.2 Å². The number of hydrogen-bond acceptors (Lipinski definition) is 4. The second-order valence-corrected chi connectivity index (χ2v) is 5.73. The molecule has 0 amide bonds. The van der Waals surface area contributed by atoms with Crippen molar-refractivity contribution in [2.45, 2.75) is 26.0 Å². The quantitative estimate of drug-likeness (QED) is 0.931. The smallest absolute Gasteiger partial charge is 0.135 e. The van der Waals surface area contributed by atoms with Gasteiger partial charge >= 0.3 is 0 Å². The lowest BCUT2D eigenvalue weighted by Gasteiger charge is -2.16. The lowest BCUT2D eigenvalue weighted by molar-refractivity contribution is 0.260. The van der Waals surface area contributed by atoms with Gasteiger partial charge in [0.1, 0.15) is 17.9 Å². The Labute approximate surface area is 120 Å². The van der Waals surface area contributed by atoms with Gasteiger partial charge in [-0.05, 0) is 41.9 Å². The molecule has 6 heteroatoms. The number of rotatable bonds is 4. The Balaban J connectivity index is 1.91. The van der Waals surface area contributed by atoms with E-state index in [-0.39, 0.29) is 6.61 Å². The fourth-order valence-electron chi connectivity index (χ4n) is 2.70. The van der Waals surface area contributed by atoms with E-state index in [2.05, 4.69) is 35.4 Å². The topological polar surface area (TPSA) is 54.2 Å². The summed E-state index contributed by atoms with van der Waals surface area (Å²) in [5, 5.41) is 9.47. The van der Waals surface area contributed by atoms with E-state index < -0.39 is 0 Å². The van der Waals surface area contributed by atoms with Crippen LogP contribution in [0.25, 0.3) is 11.0 Å². The molecule has 0 unspecified atom stereocenters. The zero-order valence-corrected chi connectivity index (χ0v) is 12.3. The van der Waals surface area contributed by atoms with E-state index in [1.54, 1.807) is 12.4 Å². The molecule has 19 heavy (non-hydrogen) atoms. The maximum atomic E-state index is 9.47. The maximum absolute atomic E-state index is 9.47. The molecule has 3 rings (SSSR count). The molecule has 1 fully saturated rings. The highest BCUT2D eigenvalue weighted by Gasteiger charge is 2.15. The number of pyridine rings is 1. The number of imidazole rings is 1. The van der Waals surface area contributed by atoms with Crippen LogP contribution in [-0.4, -0.2) is 44.2 Å². The average Bonchev–Trinajstić information content (AvgIpc) is 3.03. The Hall–Kier alpha value is -0.980. The van der Waals surface area contributed by atoms with E-state index in [0.29, 0.717) is 5.82 Å². The van der Waals surface area contributed by atoms with Crippen LogP contribution in [0, 0.1) is 0 Å². The molecule has 0 aliphatic carbocycles. The van der Waals surface area contributed by atoms with E-state index in [4.69, 9.17) is 0 Å². The third-order valence-electron chi connectivity index (χ3n) is 3.66. The number of aliphatic hydroxyl groups excluding tert-OH is 1. The van der Waals surface area contributed by atoms with Crippen molar-refractivity contribution in [3.63, 3.8) is 0 Å². The number of fused-ring (bicyclic) bond motifs is 1. The minimum absolute atomic E-state index is 0.0406. The predicted molar refractivity (Wildman–Crippen MR) is 76.8 cm³/mol. The molecular weight excluding hydrogens is 308 g/mol. The van der Waals surface area contributed by atoms with Gasteiger partial charge in [0.15, 0.2) is 0 Å². The third-order valence-corrected chi connectivity index (χ3v) is 4.24. The first-order valence-electron chi connectivity index (χ1n) is 6.61. The zero-order chi connectivity index (χ0) is 13.2. The normalized spacial score (nSPS) is 16.5. The van der Waals surface area contributed by atoms with Crippen LogP contribution in [0.4, 0.5) is 0 Å². The molecule has 0 spiro atoms. The molecule has 0 radical (unpaired) electrons. The predicted octanol–water partition coefficient (Wildman–Crippen LogP) is 1.78. The Morgan fingerprint density at radius 3 is 2.74 bits per heavy atom. The lowest BCUT2D eigenvalue weighted by Crippen LogP contribution is -2.24. The van der Waals surface area contributed by atoms with Crippen LogP contribution >= 0.6 is 15.9 Å². The molecule has 2 aromatic rings. The molecule has 102 valence electrons. The SMILES string of the molecule is OCc1nc2cncc(Br)c2n1CCN1CCCC1. The number of nitrogens with zero attached hydrogens (tertiary/aromatic N) is 4. The first kappa shape index (κ1) is 13.0.